The fourth-order valence-electron chi connectivity index (χ4n) is 6.55. The molecular formula is C48H52N2O. The lowest BCUT2D eigenvalue weighted by Gasteiger charge is -2.26. The van der Waals surface area contributed by atoms with E-state index in [0.29, 0.717) is 0 Å². The molecule has 0 spiro atoms. The van der Waals surface area contributed by atoms with Gasteiger partial charge in [-0.3, -0.25) is 4.98 Å². The Balaban J connectivity index is 1.49. The van der Waals surface area contributed by atoms with Crippen molar-refractivity contribution in [2.24, 2.45) is 0 Å². The number of ether oxygens (including phenoxy) is 1. The highest BCUT2D eigenvalue weighted by Gasteiger charge is 2.22. The van der Waals surface area contributed by atoms with Crippen LogP contribution in [0.1, 0.15) is 84.6 Å². The maximum Gasteiger partial charge on any atom is 0.128 e. The van der Waals surface area contributed by atoms with Crippen LogP contribution in [0.5, 0.6) is 5.75 Å². The molecule has 0 saturated carbocycles. The first kappa shape index (κ1) is 35.8. The summed E-state index contributed by atoms with van der Waals surface area (Å²) in [6.07, 6.45) is 1.92. The second-order valence-corrected chi connectivity index (χ2v) is 16.9. The summed E-state index contributed by atoms with van der Waals surface area (Å²) in [4.78, 5) is 10.1. The molecule has 0 fully saturated rings. The van der Waals surface area contributed by atoms with E-state index in [1.54, 1.807) is 7.11 Å². The van der Waals surface area contributed by atoms with E-state index in [9.17, 15) is 0 Å². The third kappa shape index (κ3) is 7.84. The van der Waals surface area contributed by atoms with Crippen LogP contribution in [0.2, 0.25) is 0 Å². The van der Waals surface area contributed by atoms with E-state index in [2.05, 4.69) is 160 Å². The van der Waals surface area contributed by atoms with Crippen LogP contribution >= 0.6 is 0 Å². The first-order valence-electron chi connectivity index (χ1n) is 18.0. The van der Waals surface area contributed by atoms with E-state index in [1.165, 1.54) is 33.4 Å². The highest BCUT2D eigenvalue weighted by molar-refractivity contribution is 5.81. The van der Waals surface area contributed by atoms with Gasteiger partial charge in [-0.25, -0.2) is 4.98 Å². The van der Waals surface area contributed by atoms with Crippen LogP contribution in [0, 0.1) is 6.92 Å². The molecule has 0 atom stereocenters. The highest BCUT2D eigenvalue weighted by Crippen LogP contribution is 2.39. The summed E-state index contributed by atoms with van der Waals surface area (Å²) in [5.41, 5.74) is 15.8. The normalized spacial score (nSPS) is 12.2. The highest BCUT2D eigenvalue weighted by atomic mass is 16.5. The van der Waals surface area contributed by atoms with Crippen LogP contribution in [0.15, 0.2) is 115 Å². The summed E-state index contributed by atoms with van der Waals surface area (Å²) >= 11 is 0. The summed E-state index contributed by atoms with van der Waals surface area (Å²) in [5, 5.41) is 0. The molecule has 0 bridgehead atoms. The van der Waals surface area contributed by atoms with E-state index in [-0.39, 0.29) is 16.2 Å². The van der Waals surface area contributed by atoms with Crippen molar-refractivity contribution in [1.82, 2.24) is 9.97 Å². The number of benzene rings is 4. The first-order valence-corrected chi connectivity index (χ1v) is 18.0. The van der Waals surface area contributed by atoms with Crippen molar-refractivity contribution in [3.05, 3.63) is 138 Å². The third-order valence-corrected chi connectivity index (χ3v) is 9.82. The van der Waals surface area contributed by atoms with Crippen molar-refractivity contribution in [2.45, 2.75) is 85.5 Å². The molecule has 260 valence electrons. The average molecular weight is 673 g/mol. The number of rotatable bonds is 6. The molecule has 0 aliphatic rings. The summed E-state index contributed by atoms with van der Waals surface area (Å²) in [7, 11) is 1.72. The molecule has 3 nitrogen and oxygen atoms in total. The summed E-state index contributed by atoms with van der Waals surface area (Å²) in [6.45, 7) is 22.7. The fraction of sp³-hybridized carbons (Fsp3) is 0.292. The van der Waals surface area contributed by atoms with Gasteiger partial charge in [-0.1, -0.05) is 129 Å². The van der Waals surface area contributed by atoms with Gasteiger partial charge in [0.05, 0.1) is 24.2 Å². The van der Waals surface area contributed by atoms with Crippen molar-refractivity contribution in [3.63, 3.8) is 0 Å². The molecular weight excluding hydrogens is 621 g/mol. The van der Waals surface area contributed by atoms with Gasteiger partial charge >= 0.3 is 0 Å². The van der Waals surface area contributed by atoms with Gasteiger partial charge in [0.1, 0.15) is 5.75 Å². The molecule has 0 amide bonds. The monoisotopic (exact) mass is 672 g/mol. The summed E-state index contributed by atoms with van der Waals surface area (Å²) in [5.74, 6) is 0.799. The van der Waals surface area contributed by atoms with Crippen LogP contribution < -0.4 is 4.74 Å². The molecule has 6 aromatic rings. The summed E-state index contributed by atoms with van der Waals surface area (Å²) in [6, 6.07) is 39.4. The number of pyridine rings is 2. The Morgan fingerprint density at radius 3 is 1.67 bits per heavy atom. The van der Waals surface area contributed by atoms with E-state index in [0.717, 1.165) is 50.6 Å². The minimum absolute atomic E-state index is 0.000386. The molecule has 51 heavy (non-hydrogen) atoms. The number of nitrogens with zero attached hydrogens (tertiary/aromatic N) is 2. The molecule has 0 saturated heterocycles. The molecule has 0 N–H and O–H groups in total. The van der Waals surface area contributed by atoms with Crippen molar-refractivity contribution >= 4 is 0 Å². The third-order valence-electron chi connectivity index (χ3n) is 9.82. The van der Waals surface area contributed by atoms with E-state index >= 15 is 0 Å². The molecule has 0 unspecified atom stereocenters. The van der Waals surface area contributed by atoms with Gasteiger partial charge in [0.2, 0.25) is 0 Å². The van der Waals surface area contributed by atoms with E-state index in [1.807, 2.05) is 24.4 Å². The first-order chi connectivity index (χ1) is 24.0. The van der Waals surface area contributed by atoms with Crippen LogP contribution in [0.4, 0.5) is 0 Å². The Bertz CT molecular complexity index is 2170. The number of hydrogen-bond donors (Lipinski definition) is 0. The molecule has 6 rings (SSSR count). The fourth-order valence-corrected chi connectivity index (χ4v) is 6.55. The number of aromatic nitrogens is 2. The zero-order valence-electron chi connectivity index (χ0n) is 32.3. The molecule has 2 heterocycles. The average Bonchev–Trinajstić information content (AvgIpc) is 3.10. The van der Waals surface area contributed by atoms with Crippen molar-refractivity contribution < 1.29 is 4.74 Å². The minimum atomic E-state index is 0.000386. The lowest BCUT2D eigenvalue weighted by atomic mass is 9.79. The smallest absolute Gasteiger partial charge is 0.128 e. The molecule has 0 aliphatic heterocycles. The maximum atomic E-state index is 5.83. The van der Waals surface area contributed by atoms with Crippen LogP contribution in [-0.2, 0) is 16.2 Å². The number of hydrogen-bond acceptors (Lipinski definition) is 3. The van der Waals surface area contributed by atoms with Crippen molar-refractivity contribution in [3.8, 4) is 61.8 Å². The predicted molar refractivity (Wildman–Crippen MR) is 217 cm³/mol. The Hall–Kier alpha value is -5.02. The van der Waals surface area contributed by atoms with E-state index in [4.69, 9.17) is 14.7 Å². The predicted octanol–water partition coefficient (Wildman–Crippen LogP) is 13.0. The Labute approximate surface area is 305 Å². The number of aryl methyl sites for hydroxylation is 1. The lowest BCUT2D eigenvalue weighted by molar-refractivity contribution is 0.416. The van der Waals surface area contributed by atoms with Gasteiger partial charge in [0.25, 0.3) is 0 Å². The van der Waals surface area contributed by atoms with Gasteiger partial charge in [0, 0.05) is 22.9 Å². The molecule has 2 aromatic heterocycles. The minimum Gasteiger partial charge on any atom is -0.496 e. The SMILES string of the molecule is COc1ccccc1-c1cc(-c2cc(C(C)(C)C)cc(C(C)(C)C)c2)cc(-c2cccc(-c3cc(-c4ccc(C(C)(C)C)cc4C)ccn3)c2)n1. The van der Waals surface area contributed by atoms with E-state index < -0.39 is 0 Å². The zero-order chi connectivity index (χ0) is 36.7. The maximum absolute atomic E-state index is 5.83. The molecule has 0 aliphatic carbocycles. The second kappa shape index (κ2) is 13.6. The van der Waals surface area contributed by atoms with Gasteiger partial charge in [-0.15, -0.1) is 0 Å². The topological polar surface area (TPSA) is 35.0 Å². The number of para-hydroxylation sites is 1. The Morgan fingerprint density at radius 1 is 0.451 bits per heavy atom. The quantitative estimate of drug-likeness (QED) is 0.177. The molecule has 4 aromatic carbocycles. The van der Waals surface area contributed by atoms with Crippen LogP contribution in [0.25, 0.3) is 56.0 Å². The summed E-state index contributed by atoms with van der Waals surface area (Å²) < 4.78 is 5.83. The lowest BCUT2D eigenvalue weighted by Crippen LogP contribution is -2.16. The second-order valence-electron chi connectivity index (χ2n) is 16.9. The van der Waals surface area contributed by atoms with Crippen LogP contribution in [-0.4, -0.2) is 17.1 Å². The molecule has 0 radical (unpaired) electrons. The van der Waals surface area contributed by atoms with Gasteiger partial charge in [0.15, 0.2) is 0 Å². The van der Waals surface area contributed by atoms with Crippen molar-refractivity contribution in [2.75, 3.05) is 7.11 Å². The van der Waals surface area contributed by atoms with Gasteiger partial charge < -0.3 is 4.74 Å². The van der Waals surface area contributed by atoms with Gasteiger partial charge in [-0.05, 0) is 110 Å². The number of methoxy groups -OCH3 is 1. The Kier molecular flexibility index (Phi) is 9.55. The van der Waals surface area contributed by atoms with Crippen LogP contribution in [0.3, 0.4) is 0 Å². The zero-order valence-corrected chi connectivity index (χ0v) is 32.3. The standard InChI is InChI=1S/C48H52N2O/c1-31-23-37(46(2,3)4)19-20-40(31)32-21-22-49-42(27-32)33-15-14-16-34(24-33)43-28-36(29-44(50-43)41-17-12-13-18-45(41)51-11)35-25-38(47(5,6)7)30-39(26-35)48(8,9)10/h12-30H,1-11H3. The van der Waals surface area contributed by atoms with Crippen molar-refractivity contribution in [1.29, 1.82) is 0 Å². The largest absolute Gasteiger partial charge is 0.496 e. The molecule has 3 heteroatoms. The van der Waals surface area contributed by atoms with Gasteiger partial charge in [-0.2, -0.15) is 0 Å². The Morgan fingerprint density at radius 2 is 1.04 bits per heavy atom.